The van der Waals surface area contributed by atoms with Gasteiger partial charge in [0.1, 0.15) is 10.6 Å². The van der Waals surface area contributed by atoms with Crippen molar-refractivity contribution < 1.29 is 28.7 Å². The number of thiophene rings is 1. The van der Waals surface area contributed by atoms with Gasteiger partial charge in [0.15, 0.2) is 12.4 Å². The van der Waals surface area contributed by atoms with Crippen LogP contribution >= 0.6 is 11.3 Å². The van der Waals surface area contributed by atoms with E-state index in [1.165, 1.54) is 35.6 Å². The number of amides is 1. The number of anilines is 1. The zero-order chi connectivity index (χ0) is 23.4. The Morgan fingerprint density at radius 3 is 2.42 bits per heavy atom. The molecule has 1 aromatic heterocycles. The van der Waals surface area contributed by atoms with Crippen molar-refractivity contribution in [2.75, 3.05) is 18.1 Å². The van der Waals surface area contributed by atoms with E-state index in [-0.39, 0.29) is 24.7 Å². The van der Waals surface area contributed by atoms with Crippen LogP contribution < -0.4 is 9.64 Å². The van der Waals surface area contributed by atoms with Crippen molar-refractivity contribution in [1.29, 1.82) is 0 Å². The first-order chi connectivity index (χ1) is 15.9. The minimum atomic E-state index is -0.620. The Balaban J connectivity index is 1.28. The molecule has 8 heteroatoms. The molecule has 1 fully saturated rings. The van der Waals surface area contributed by atoms with Crippen molar-refractivity contribution >= 4 is 40.7 Å². The van der Waals surface area contributed by atoms with Crippen molar-refractivity contribution in [1.82, 2.24) is 0 Å². The molecule has 1 amide bonds. The van der Waals surface area contributed by atoms with Crippen LogP contribution in [0.3, 0.4) is 0 Å². The molecule has 0 bridgehead atoms. The highest BCUT2D eigenvalue weighted by atomic mass is 32.1. The summed E-state index contributed by atoms with van der Waals surface area (Å²) < 4.78 is 10.4. The molecule has 2 heterocycles. The Morgan fingerprint density at radius 2 is 1.76 bits per heavy atom. The molecule has 1 aliphatic heterocycles. The smallest absolute Gasteiger partial charge is 0.353 e. The van der Waals surface area contributed by atoms with E-state index in [1.807, 2.05) is 31.2 Å². The molecule has 1 saturated heterocycles. The van der Waals surface area contributed by atoms with Gasteiger partial charge in [-0.2, -0.15) is 0 Å². The van der Waals surface area contributed by atoms with Gasteiger partial charge in [0.05, 0.1) is 5.92 Å². The third kappa shape index (κ3) is 5.35. The van der Waals surface area contributed by atoms with Gasteiger partial charge in [-0.25, -0.2) is 4.79 Å². The number of esters is 2. The summed E-state index contributed by atoms with van der Waals surface area (Å²) in [7, 11) is 0. The quantitative estimate of drug-likeness (QED) is 0.298. The van der Waals surface area contributed by atoms with Crippen LogP contribution in [0.1, 0.15) is 32.0 Å². The summed E-state index contributed by atoms with van der Waals surface area (Å²) in [6.07, 6.45) is 0.0468. The number of Topliss-reactive ketones (excluding diaryl/α,β-unsaturated/α-hetero) is 1. The first-order valence-electron chi connectivity index (χ1n) is 10.3. The van der Waals surface area contributed by atoms with Crippen LogP contribution in [0, 0.1) is 12.8 Å². The first kappa shape index (κ1) is 22.4. The molecule has 0 N–H and O–H groups in total. The Kier molecular flexibility index (Phi) is 6.65. The van der Waals surface area contributed by atoms with E-state index >= 15 is 0 Å². The summed E-state index contributed by atoms with van der Waals surface area (Å²) in [6, 6.07) is 16.9. The molecule has 33 heavy (non-hydrogen) atoms. The van der Waals surface area contributed by atoms with E-state index in [9.17, 15) is 19.2 Å². The standard InChI is InChI=1S/C25H21NO6S/c1-16-4-8-19(9-5-16)26-14-18(13-23(26)28)24(29)31-15-21(27)17-6-10-20(11-7-17)32-25(30)22-3-2-12-33-22/h2-12,18H,13-15H2,1H3/t18-/m0/s1. The van der Waals surface area contributed by atoms with E-state index in [0.29, 0.717) is 16.2 Å². The van der Waals surface area contributed by atoms with Gasteiger partial charge in [0, 0.05) is 24.2 Å². The molecule has 1 atom stereocenters. The molecule has 0 aliphatic carbocycles. The second-order valence-corrected chi connectivity index (χ2v) is 8.61. The number of carbonyl (C=O) groups is 4. The normalized spacial score (nSPS) is 15.4. The van der Waals surface area contributed by atoms with Crippen LogP contribution in [-0.2, 0) is 14.3 Å². The fraction of sp³-hybridized carbons (Fsp3) is 0.200. The third-order valence-electron chi connectivity index (χ3n) is 5.26. The molecule has 2 aromatic carbocycles. The number of aryl methyl sites for hydroxylation is 1. The molecule has 7 nitrogen and oxygen atoms in total. The average Bonchev–Trinajstić information content (AvgIpc) is 3.49. The maximum Gasteiger partial charge on any atom is 0.353 e. The number of hydrogen-bond donors (Lipinski definition) is 0. The second-order valence-electron chi connectivity index (χ2n) is 7.66. The van der Waals surface area contributed by atoms with Crippen LogP contribution in [0.5, 0.6) is 5.75 Å². The number of ether oxygens (including phenoxy) is 2. The monoisotopic (exact) mass is 463 g/mol. The maximum absolute atomic E-state index is 12.4. The molecule has 0 saturated carbocycles. The summed E-state index contributed by atoms with van der Waals surface area (Å²) in [4.78, 5) is 51.2. The number of rotatable bonds is 7. The lowest BCUT2D eigenvalue weighted by molar-refractivity contribution is -0.147. The highest BCUT2D eigenvalue weighted by Gasteiger charge is 2.36. The lowest BCUT2D eigenvalue weighted by Gasteiger charge is -2.16. The van der Waals surface area contributed by atoms with Crippen molar-refractivity contribution in [3.8, 4) is 5.75 Å². The Bertz CT molecular complexity index is 1170. The van der Waals surface area contributed by atoms with Crippen molar-refractivity contribution in [3.05, 3.63) is 82.0 Å². The molecular formula is C25H21NO6S. The molecule has 4 rings (SSSR count). The first-order valence-corrected chi connectivity index (χ1v) is 11.2. The minimum Gasteiger partial charge on any atom is -0.457 e. The van der Waals surface area contributed by atoms with Gasteiger partial charge in [-0.1, -0.05) is 23.8 Å². The topological polar surface area (TPSA) is 90.0 Å². The molecular weight excluding hydrogens is 442 g/mol. The fourth-order valence-electron chi connectivity index (χ4n) is 3.44. The molecule has 1 aliphatic rings. The van der Waals surface area contributed by atoms with E-state index < -0.39 is 24.5 Å². The number of benzene rings is 2. The van der Waals surface area contributed by atoms with Crippen LogP contribution in [0.4, 0.5) is 5.69 Å². The Morgan fingerprint density at radius 1 is 1.03 bits per heavy atom. The van der Waals surface area contributed by atoms with Crippen LogP contribution in [0.25, 0.3) is 0 Å². The van der Waals surface area contributed by atoms with Gasteiger partial charge in [-0.3, -0.25) is 14.4 Å². The number of ketones is 1. The van der Waals surface area contributed by atoms with Gasteiger partial charge in [-0.05, 0) is 54.8 Å². The fourth-order valence-corrected chi connectivity index (χ4v) is 4.04. The van der Waals surface area contributed by atoms with E-state index in [2.05, 4.69) is 0 Å². The van der Waals surface area contributed by atoms with Crippen LogP contribution in [0.2, 0.25) is 0 Å². The largest absolute Gasteiger partial charge is 0.457 e. The lowest BCUT2D eigenvalue weighted by Crippen LogP contribution is -2.27. The zero-order valence-corrected chi connectivity index (χ0v) is 18.7. The van der Waals surface area contributed by atoms with Gasteiger partial charge < -0.3 is 14.4 Å². The summed E-state index contributed by atoms with van der Waals surface area (Å²) in [5, 5.41) is 1.78. The molecule has 3 aromatic rings. The molecule has 168 valence electrons. The predicted octanol–water partition coefficient (Wildman–Crippen LogP) is 4.05. The summed E-state index contributed by atoms with van der Waals surface area (Å²) in [6.45, 7) is 1.75. The average molecular weight is 464 g/mol. The maximum atomic E-state index is 12.4. The molecule has 0 spiro atoms. The molecule has 0 radical (unpaired) electrons. The number of hydrogen-bond acceptors (Lipinski definition) is 7. The predicted molar refractivity (Wildman–Crippen MR) is 123 cm³/mol. The highest BCUT2D eigenvalue weighted by Crippen LogP contribution is 2.26. The van der Waals surface area contributed by atoms with E-state index in [4.69, 9.17) is 9.47 Å². The molecule has 0 unspecified atom stereocenters. The Hall–Kier alpha value is -3.78. The lowest BCUT2D eigenvalue weighted by atomic mass is 10.1. The van der Waals surface area contributed by atoms with Crippen LogP contribution in [0.15, 0.2) is 66.0 Å². The second kappa shape index (κ2) is 9.79. The highest BCUT2D eigenvalue weighted by molar-refractivity contribution is 7.12. The summed E-state index contributed by atoms with van der Waals surface area (Å²) in [5.41, 5.74) is 2.13. The number of nitrogens with zero attached hydrogens (tertiary/aromatic N) is 1. The number of carbonyl (C=O) groups excluding carboxylic acids is 4. The summed E-state index contributed by atoms with van der Waals surface area (Å²) >= 11 is 1.28. The van der Waals surface area contributed by atoms with E-state index in [1.54, 1.807) is 22.4 Å². The summed E-state index contributed by atoms with van der Waals surface area (Å²) in [5.74, 6) is -1.90. The van der Waals surface area contributed by atoms with Crippen molar-refractivity contribution in [3.63, 3.8) is 0 Å². The SMILES string of the molecule is Cc1ccc(N2C[C@@H](C(=O)OCC(=O)c3ccc(OC(=O)c4cccs4)cc3)CC2=O)cc1. The van der Waals surface area contributed by atoms with Gasteiger partial charge >= 0.3 is 11.9 Å². The van der Waals surface area contributed by atoms with Crippen molar-refractivity contribution in [2.24, 2.45) is 5.92 Å². The minimum absolute atomic E-state index is 0.0468. The van der Waals surface area contributed by atoms with E-state index in [0.717, 1.165) is 11.3 Å². The van der Waals surface area contributed by atoms with Crippen LogP contribution in [-0.4, -0.2) is 36.8 Å². The van der Waals surface area contributed by atoms with Gasteiger partial charge in [-0.15, -0.1) is 11.3 Å². The van der Waals surface area contributed by atoms with Crippen molar-refractivity contribution in [2.45, 2.75) is 13.3 Å². The zero-order valence-electron chi connectivity index (χ0n) is 17.9. The third-order valence-corrected chi connectivity index (χ3v) is 6.11. The van der Waals surface area contributed by atoms with Gasteiger partial charge in [0.2, 0.25) is 5.91 Å². The Labute approximate surface area is 194 Å². The van der Waals surface area contributed by atoms with Gasteiger partial charge in [0.25, 0.3) is 0 Å².